The number of likely N-dealkylation sites (tertiary alicyclic amines) is 1. The average Bonchev–Trinajstić information content (AvgIpc) is 2.89. The molecule has 0 spiro atoms. The minimum absolute atomic E-state index is 0.470. The first-order chi connectivity index (χ1) is 7.42. The molecule has 1 N–H and O–H groups in total. The van der Waals surface area contributed by atoms with Crippen molar-refractivity contribution in [3.63, 3.8) is 0 Å². The monoisotopic (exact) mass is 210 g/mol. The third-order valence-electron chi connectivity index (χ3n) is 4.27. The van der Waals surface area contributed by atoms with Crippen LogP contribution in [0.3, 0.4) is 0 Å². The van der Waals surface area contributed by atoms with E-state index in [1.165, 1.54) is 38.8 Å². The van der Waals surface area contributed by atoms with Gasteiger partial charge >= 0.3 is 0 Å². The maximum absolute atomic E-state index is 5.73. The Balaban J connectivity index is 1.42. The molecule has 1 saturated carbocycles. The van der Waals surface area contributed by atoms with Gasteiger partial charge in [0.15, 0.2) is 0 Å². The molecule has 3 heteroatoms. The minimum atomic E-state index is 0.470. The Kier molecular flexibility index (Phi) is 2.95. The molecule has 3 rings (SSSR count). The third kappa shape index (κ3) is 2.19. The van der Waals surface area contributed by atoms with E-state index in [4.69, 9.17) is 4.74 Å². The zero-order valence-electron chi connectivity index (χ0n) is 9.45. The lowest BCUT2D eigenvalue weighted by molar-refractivity contribution is 0.0155. The van der Waals surface area contributed by atoms with Gasteiger partial charge in [0.1, 0.15) is 0 Å². The Morgan fingerprint density at radius 1 is 1.33 bits per heavy atom. The summed E-state index contributed by atoms with van der Waals surface area (Å²) in [5, 5.41) is 3.40. The fraction of sp³-hybridized carbons (Fsp3) is 1.00. The summed E-state index contributed by atoms with van der Waals surface area (Å²) < 4.78 is 5.73. The summed E-state index contributed by atoms with van der Waals surface area (Å²) in [6.45, 7) is 5.61. The fourth-order valence-electron chi connectivity index (χ4n) is 3.42. The van der Waals surface area contributed by atoms with Crippen molar-refractivity contribution < 1.29 is 4.74 Å². The van der Waals surface area contributed by atoms with Gasteiger partial charge in [0.05, 0.1) is 12.7 Å². The van der Waals surface area contributed by atoms with E-state index in [0.29, 0.717) is 6.10 Å². The Morgan fingerprint density at radius 3 is 3.00 bits per heavy atom. The number of nitrogens with one attached hydrogen (secondary N) is 1. The smallest absolute Gasteiger partial charge is 0.0712 e. The molecule has 86 valence electrons. The number of ether oxygens (including phenoxy) is 1. The SMILES string of the molecule is C1COC(CCN2CC3CCC2C3)CN1. The molecule has 15 heavy (non-hydrogen) atoms. The first kappa shape index (κ1) is 10.1. The second-order valence-electron chi connectivity index (χ2n) is 5.31. The molecule has 0 aromatic carbocycles. The first-order valence-corrected chi connectivity index (χ1v) is 6.48. The Hall–Kier alpha value is -0.120. The van der Waals surface area contributed by atoms with Crippen molar-refractivity contribution in [1.29, 1.82) is 0 Å². The standard InChI is InChI=1S/C12H22N2O/c1-2-11-7-10(1)9-14(11)5-3-12-8-13-4-6-15-12/h10-13H,1-9H2. The molecular weight excluding hydrogens is 188 g/mol. The molecular formula is C12H22N2O. The fourth-order valence-corrected chi connectivity index (χ4v) is 3.42. The molecule has 3 unspecified atom stereocenters. The van der Waals surface area contributed by atoms with Crippen molar-refractivity contribution in [1.82, 2.24) is 10.2 Å². The van der Waals surface area contributed by atoms with Crippen LogP contribution in [-0.2, 0) is 4.74 Å². The van der Waals surface area contributed by atoms with Crippen molar-refractivity contribution in [2.75, 3.05) is 32.8 Å². The number of rotatable bonds is 3. The molecule has 3 fully saturated rings. The molecule has 2 bridgehead atoms. The molecule has 3 aliphatic rings. The van der Waals surface area contributed by atoms with Crippen molar-refractivity contribution >= 4 is 0 Å². The summed E-state index contributed by atoms with van der Waals surface area (Å²) in [6, 6.07) is 0.923. The molecule has 0 amide bonds. The predicted octanol–water partition coefficient (Wildman–Crippen LogP) is 0.849. The molecule has 0 aromatic rings. The second kappa shape index (κ2) is 4.40. The number of piperidine rings is 1. The summed E-state index contributed by atoms with van der Waals surface area (Å²) >= 11 is 0. The van der Waals surface area contributed by atoms with E-state index in [9.17, 15) is 0 Å². The highest BCUT2D eigenvalue weighted by Gasteiger charge is 2.37. The molecule has 3 atom stereocenters. The van der Waals surface area contributed by atoms with Gasteiger partial charge in [0.25, 0.3) is 0 Å². The number of hydrogen-bond donors (Lipinski definition) is 1. The third-order valence-corrected chi connectivity index (χ3v) is 4.27. The van der Waals surface area contributed by atoms with Crippen LogP contribution in [0.25, 0.3) is 0 Å². The van der Waals surface area contributed by atoms with Crippen molar-refractivity contribution in [2.45, 2.75) is 37.8 Å². The van der Waals surface area contributed by atoms with Crippen LogP contribution in [0.5, 0.6) is 0 Å². The lowest BCUT2D eigenvalue weighted by atomic mass is 10.1. The van der Waals surface area contributed by atoms with Gasteiger partial charge in [-0.15, -0.1) is 0 Å². The van der Waals surface area contributed by atoms with E-state index < -0.39 is 0 Å². The van der Waals surface area contributed by atoms with Gasteiger partial charge in [-0.2, -0.15) is 0 Å². The summed E-state index contributed by atoms with van der Waals surface area (Å²) in [4.78, 5) is 2.70. The van der Waals surface area contributed by atoms with Crippen LogP contribution in [0.4, 0.5) is 0 Å². The molecule has 1 aliphatic carbocycles. The van der Waals surface area contributed by atoms with Gasteiger partial charge in [0, 0.05) is 32.2 Å². The second-order valence-corrected chi connectivity index (χ2v) is 5.31. The zero-order valence-corrected chi connectivity index (χ0v) is 9.45. The maximum Gasteiger partial charge on any atom is 0.0712 e. The van der Waals surface area contributed by atoms with Gasteiger partial charge in [0.2, 0.25) is 0 Å². The Bertz CT molecular complexity index is 216. The van der Waals surface area contributed by atoms with E-state index in [1.54, 1.807) is 0 Å². The van der Waals surface area contributed by atoms with Crippen LogP contribution in [0.2, 0.25) is 0 Å². The molecule has 2 aliphatic heterocycles. The molecule has 2 heterocycles. The van der Waals surface area contributed by atoms with Gasteiger partial charge in [-0.05, 0) is 31.6 Å². The van der Waals surface area contributed by atoms with E-state index >= 15 is 0 Å². The zero-order chi connectivity index (χ0) is 10.1. The van der Waals surface area contributed by atoms with Crippen LogP contribution in [-0.4, -0.2) is 49.8 Å². The van der Waals surface area contributed by atoms with Crippen molar-refractivity contribution in [2.24, 2.45) is 5.92 Å². The highest BCUT2D eigenvalue weighted by atomic mass is 16.5. The highest BCUT2D eigenvalue weighted by molar-refractivity contribution is 4.92. The minimum Gasteiger partial charge on any atom is -0.376 e. The summed E-state index contributed by atoms with van der Waals surface area (Å²) in [5.74, 6) is 1.03. The van der Waals surface area contributed by atoms with E-state index in [0.717, 1.165) is 31.7 Å². The number of morpholine rings is 1. The van der Waals surface area contributed by atoms with Crippen LogP contribution >= 0.6 is 0 Å². The van der Waals surface area contributed by atoms with Crippen molar-refractivity contribution in [3.8, 4) is 0 Å². The Labute approximate surface area is 92.2 Å². The van der Waals surface area contributed by atoms with E-state index in [1.807, 2.05) is 0 Å². The summed E-state index contributed by atoms with van der Waals surface area (Å²) in [5.41, 5.74) is 0. The van der Waals surface area contributed by atoms with Gasteiger partial charge < -0.3 is 15.0 Å². The van der Waals surface area contributed by atoms with Crippen LogP contribution in [0.15, 0.2) is 0 Å². The lowest BCUT2D eigenvalue weighted by Gasteiger charge is -2.30. The Morgan fingerprint density at radius 2 is 2.33 bits per heavy atom. The number of nitrogens with zero attached hydrogens (tertiary/aromatic N) is 1. The van der Waals surface area contributed by atoms with Crippen LogP contribution < -0.4 is 5.32 Å². The number of fused-ring (bicyclic) bond motifs is 2. The predicted molar refractivity (Wildman–Crippen MR) is 59.9 cm³/mol. The summed E-state index contributed by atoms with van der Waals surface area (Å²) in [7, 11) is 0. The van der Waals surface area contributed by atoms with E-state index in [-0.39, 0.29) is 0 Å². The molecule has 0 radical (unpaired) electrons. The van der Waals surface area contributed by atoms with Gasteiger partial charge in [-0.3, -0.25) is 0 Å². The average molecular weight is 210 g/mol. The first-order valence-electron chi connectivity index (χ1n) is 6.48. The van der Waals surface area contributed by atoms with Gasteiger partial charge in [-0.25, -0.2) is 0 Å². The van der Waals surface area contributed by atoms with Crippen molar-refractivity contribution in [3.05, 3.63) is 0 Å². The highest BCUT2D eigenvalue weighted by Crippen LogP contribution is 2.37. The number of hydrogen-bond acceptors (Lipinski definition) is 3. The topological polar surface area (TPSA) is 24.5 Å². The van der Waals surface area contributed by atoms with Crippen LogP contribution in [0.1, 0.15) is 25.7 Å². The van der Waals surface area contributed by atoms with Gasteiger partial charge in [-0.1, -0.05) is 0 Å². The molecule has 3 nitrogen and oxygen atoms in total. The van der Waals surface area contributed by atoms with E-state index in [2.05, 4.69) is 10.2 Å². The maximum atomic E-state index is 5.73. The largest absolute Gasteiger partial charge is 0.376 e. The lowest BCUT2D eigenvalue weighted by Crippen LogP contribution is -2.41. The summed E-state index contributed by atoms with van der Waals surface area (Å²) in [6.07, 6.45) is 6.11. The molecule has 2 saturated heterocycles. The quantitative estimate of drug-likeness (QED) is 0.747. The van der Waals surface area contributed by atoms with Crippen LogP contribution in [0, 0.1) is 5.92 Å². The normalized spacial score (nSPS) is 41.2. The molecule has 0 aromatic heterocycles.